The summed E-state index contributed by atoms with van der Waals surface area (Å²) in [6.07, 6.45) is 0. The van der Waals surface area contributed by atoms with Gasteiger partial charge in [0.15, 0.2) is 5.82 Å². The second-order valence-corrected chi connectivity index (χ2v) is 7.93. The molecule has 1 atom stereocenters. The van der Waals surface area contributed by atoms with Gasteiger partial charge >= 0.3 is 0 Å². The number of nitrogens with two attached hydrogens (primary N) is 1. The average Bonchev–Trinajstić information content (AvgIpc) is 3.02. The molecule has 1 aromatic heterocycles. The molecule has 0 bridgehead atoms. The van der Waals surface area contributed by atoms with Gasteiger partial charge in [0.25, 0.3) is 0 Å². The number of carbonyl (C=O) groups is 1. The lowest BCUT2D eigenvalue weighted by Crippen LogP contribution is -2.33. The highest BCUT2D eigenvalue weighted by Crippen LogP contribution is 2.26. The van der Waals surface area contributed by atoms with E-state index in [1.54, 1.807) is 31.0 Å². The lowest BCUT2D eigenvalue weighted by Gasteiger charge is -2.21. The van der Waals surface area contributed by atoms with Crippen LogP contribution in [-0.2, 0) is 11.3 Å². The molecule has 1 unspecified atom stereocenters. The number of amides is 1. The first-order valence-corrected chi connectivity index (χ1v) is 9.66. The Balaban J connectivity index is 1.67. The van der Waals surface area contributed by atoms with E-state index in [1.165, 1.54) is 28.6 Å². The second-order valence-electron chi connectivity index (χ2n) is 6.63. The van der Waals surface area contributed by atoms with Crippen LogP contribution in [0.5, 0.6) is 0 Å². The summed E-state index contributed by atoms with van der Waals surface area (Å²) in [5.41, 5.74) is 2.73. The van der Waals surface area contributed by atoms with Crippen LogP contribution in [0.3, 0.4) is 0 Å². The number of carbonyl (C=O) groups excluding carboxylic acids is 1. The number of rotatable bonds is 6. The van der Waals surface area contributed by atoms with Gasteiger partial charge in [-0.1, -0.05) is 53.7 Å². The molecule has 1 heterocycles. The minimum atomic E-state index is -0.420. The maximum absolute atomic E-state index is 13.3. The first-order valence-electron chi connectivity index (χ1n) is 8.78. The number of aromatic nitrogens is 3. The zero-order valence-electron chi connectivity index (χ0n) is 16.0. The van der Waals surface area contributed by atoms with Gasteiger partial charge in [-0.05, 0) is 31.5 Å². The number of nitrogen functional groups attached to an aromatic ring is 1. The fourth-order valence-electron chi connectivity index (χ4n) is 2.76. The molecule has 28 heavy (non-hydrogen) atoms. The fourth-order valence-corrected chi connectivity index (χ4v) is 3.65. The van der Waals surface area contributed by atoms with Crippen LogP contribution in [0.2, 0.25) is 0 Å². The first kappa shape index (κ1) is 19.9. The molecule has 0 saturated carbocycles. The van der Waals surface area contributed by atoms with E-state index in [1.807, 2.05) is 31.2 Å². The van der Waals surface area contributed by atoms with Crippen LogP contribution in [0.15, 0.2) is 53.7 Å². The predicted octanol–water partition coefficient (Wildman–Crippen LogP) is 3.25. The van der Waals surface area contributed by atoms with Crippen molar-refractivity contribution in [1.29, 1.82) is 0 Å². The topological polar surface area (TPSA) is 77.0 Å². The van der Waals surface area contributed by atoms with Crippen LogP contribution >= 0.6 is 11.8 Å². The van der Waals surface area contributed by atoms with Gasteiger partial charge in [0.1, 0.15) is 5.82 Å². The van der Waals surface area contributed by atoms with Crippen molar-refractivity contribution in [2.75, 3.05) is 12.9 Å². The highest BCUT2D eigenvalue weighted by atomic mass is 32.2. The number of thioether (sulfide) groups is 1. The fraction of sp³-hybridized carbons (Fsp3) is 0.250. The van der Waals surface area contributed by atoms with Crippen LogP contribution < -0.4 is 5.84 Å². The van der Waals surface area contributed by atoms with E-state index in [-0.39, 0.29) is 11.7 Å². The summed E-state index contributed by atoms with van der Waals surface area (Å²) in [5, 5.41) is 8.31. The lowest BCUT2D eigenvalue weighted by atomic mass is 10.1. The number of benzene rings is 2. The monoisotopic (exact) mass is 399 g/mol. The van der Waals surface area contributed by atoms with Crippen LogP contribution in [0, 0.1) is 12.7 Å². The van der Waals surface area contributed by atoms with Crippen molar-refractivity contribution in [2.45, 2.75) is 30.8 Å². The standard InChI is InChI=1S/C20H22FN5OS/c1-13-7-9-16(10-8-13)18-23-24-20(26(18)22)28-14(2)19(27)25(3)12-15-5-4-6-17(21)11-15/h4-11,14H,12,22H2,1-3H3. The van der Waals surface area contributed by atoms with Gasteiger partial charge in [0.2, 0.25) is 11.1 Å². The number of hydrogen-bond donors (Lipinski definition) is 1. The highest BCUT2D eigenvalue weighted by Gasteiger charge is 2.22. The van der Waals surface area contributed by atoms with Crippen molar-refractivity contribution >= 4 is 17.7 Å². The van der Waals surface area contributed by atoms with E-state index in [9.17, 15) is 9.18 Å². The largest absolute Gasteiger partial charge is 0.340 e. The van der Waals surface area contributed by atoms with Gasteiger partial charge in [-0.3, -0.25) is 4.79 Å². The third-order valence-corrected chi connectivity index (χ3v) is 5.33. The molecule has 146 valence electrons. The molecule has 3 aromatic rings. The Morgan fingerprint density at radius 3 is 2.64 bits per heavy atom. The Bertz CT molecular complexity index is 973. The van der Waals surface area contributed by atoms with Gasteiger partial charge in [-0.15, -0.1) is 10.2 Å². The zero-order chi connectivity index (χ0) is 20.3. The molecule has 6 nitrogen and oxygen atoms in total. The van der Waals surface area contributed by atoms with E-state index in [2.05, 4.69) is 10.2 Å². The van der Waals surface area contributed by atoms with E-state index in [0.717, 1.165) is 16.7 Å². The summed E-state index contributed by atoms with van der Waals surface area (Å²) in [5.74, 6) is 6.26. The van der Waals surface area contributed by atoms with E-state index >= 15 is 0 Å². The Labute approximate surface area is 167 Å². The van der Waals surface area contributed by atoms with Gasteiger partial charge in [-0.2, -0.15) is 0 Å². The minimum absolute atomic E-state index is 0.103. The van der Waals surface area contributed by atoms with Gasteiger partial charge in [0.05, 0.1) is 5.25 Å². The van der Waals surface area contributed by atoms with Gasteiger partial charge < -0.3 is 10.7 Å². The van der Waals surface area contributed by atoms with Crippen molar-refractivity contribution in [3.63, 3.8) is 0 Å². The number of aryl methyl sites for hydroxylation is 1. The van der Waals surface area contributed by atoms with E-state index < -0.39 is 5.25 Å². The molecule has 8 heteroatoms. The smallest absolute Gasteiger partial charge is 0.235 e. The molecule has 2 aromatic carbocycles. The molecular weight excluding hydrogens is 377 g/mol. The summed E-state index contributed by atoms with van der Waals surface area (Å²) >= 11 is 1.24. The van der Waals surface area contributed by atoms with Crippen LogP contribution in [0.1, 0.15) is 18.1 Å². The first-order chi connectivity index (χ1) is 13.3. The molecule has 0 saturated heterocycles. The number of halogens is 1. The molecule has 0 fully saturated rings. The molecule has 0 aliphatic heterocycles. The molecule has 0 radical (unpaired) electrons. The van der Waals surface area contributed by atoms with Gasteiger partial charge in [0, 0.05) is 19.2 Å². The molecule has 0 aliphatic carbocycles. The molecule has 0 aliphatic rings. The summed E-state index contributed by atoms with van der Waals surface area (Å²) in [4.78, 5) is 14.2. The SMILES string of the molecule is Cc1ccc(-c2nnc(SC(C)C(=O)N(C)Cc3cccc(F)c3)n2N)cc1. The van der Waals surface area contributed by atoms with Crippen LogP contribution in [0.4, 0.5) is 4.39 Å². The maximum Gasteiger partial charge on any atom is 0.235 e. The quantitative estimate of drug-likeness (QED) is 0.509. The third-order valence-electron chi connectivity index (χ3n) is 4.29. The van der Waals surface area contributed by atoms with Crippen LogP contribution in [-0.4, -0.2) is 38.0 Å². The average molecular weight is 399 g/mol. The Kier molecular flexibility index (Phi) is 5.99. The summed E-state index contributed by atoms with van der Waals surface area (Å²) in [7, 11) is 1.69. The molecule has 0 spiro atoms. The Morgan fingerprint density at radius 1 is 1.25 bits per heavy atom. The third kappa shape index (κ3) is 4.51. The van der Waals surface area contributed by atoms with E-state index in [0.29, 0.717) is 17.5 Å². The Morgan fingerprint density at radius 2 is 1.96 bits per heavy atom. The van der Waals surface area contributed by atoms with Crippen molar-refractivity contribution in [1.82, 2.24) is 19.8 Å². The second kappa shape index (κ2) is 8.43. The summed E-state index contributed by atoms with van der Waals surface area (Å²) < 4.78 is 14.7. The maximum atomic E-state index is 13.3. The minimum Gasteiger partial charge on any atom is -0.340 e. The molecule has 3 rings (SSSR count). The molecular formula is C20H22FN5OS. The molecule has 1 amide bonds. The highest BCUT2D eigenvalue weighted by molar-refractivity contribution is 8.00. The zero-order valence-corrected chi connectivity index (χ0v) is 16.8. The van der Waals surface area contributed by atoms with E-state index in [4.69, 9.17) is 5.84 Å². The Hall–Kier alpha value is -2.87. The normalized spacial score (nSPS) is 12.0. The van der Waals surface area contributed by atoms with Crippen molar-refractivity contribution in [3.05, 3.63) is 65.5 Å². The summed E-state index contributed by atoms with van der Waals surface area (Å²) in [6, 6.07) is 14.0. The van der Waals surface area contributed by atoms with Crippen molar-refractivity contribution in [2.24, 2.45) is 0 Å². The number of hydrogen-bond acceptors (Lipinski definition) is 5. The lowest BCUT2D eigenvalue weighted by molar-refractivity contribution is -0.129. The predicted molar refractivity (Wildman–Crippen MR) is 109 cm³/mol. The molecule has 2 N–H and O–H groups in total. The summed E-state index contributed by atoms with van der Waals surface area (Å²) in [6.45, 7) is 4.12. The van der Waals surface area contributed by atoms with Crippen molar-refractivity contribution < 1.29 is 9.18 Å². The van der Waals surface area contributed by atoms with Crippen LogP contribution in [0.25, 0.3) is 11.4 Å². The van der Waals surface area contributed by atoms with Gasteiger partial charge in [-0.25, -0.2) is 9.07 Å². The van der Waals surface area contributed by atoms with Crippen molar-refractivity contribution in [3.8, 4) is 11.4 Å². The number of nitrogens with zero attached hydrogens (tertiary/aromatic N) is 4.